The van der Waals surface area contributed by atoms with Crippen molar-refractivity contribution in [2.24, 2.45) is 5.10 Å². The largest absolute Gasteiger partial charge is 0.341 e. The summed E-state index contributed by atoms with van der Waals surface area (Å²) in [7, 11) is 0. The van der Waals surface area contributed by atoms with Gasteiger partial charge in [0.25, 0.3) is 0 Å². The number of hydrogen-bond donors (Lipinski definition) is 1. The Morgan fingerprint density at radius 3 is 2.47 bits per heavy atom. The summed E-state index contributed by atoms with van der Waals surface area (Å²) in [5.41, 5.74) is 1.28. The lowest BCUT2D eigenvalue weighted by Gasteiger charge is -2.37. The van der Waals surface area contributed by atoms with Gasteiger partial charge >= 0.3 is 6.03 Å². The van der Waals surface area contributed by atoms with Crippen LogP contribution in [0.2, 0.25) is 0 Å². The smallest absolute Gasteiger partial charge is 0.337 e. The van der Waals surface area contributed by atoms with Gasteiger partial charge in [-0.2, -0.15) is 5.10 Å². The lowest BCUT2D eigenvalue weighted by molar-refractivity contribution is 0.139. The van der Waals surface area contributed by atoms with Crippen LogP contribution in [0.4, 0.5) is 23.9 Å². The molecule has 1 saturated heterocycles. The fourth-order valence-corrected chi connectivity index (χ4v) is 4.06. The predicted octanol–water partition coefficient (Wildman–Crippen LogP) is 2.66. The minimum Gasteiger partial charge on any atom is -0.337 e. The molecule has 176 valence electrons. The fraction of sp³-hybridized carbons (Fsp3) is 0.333. The summed E-state index contributed by atoms with van der Waals surface area (Å²) >= 11 is 0. The molecule has 10 nitrogen and oxygen atoms in total. The number of halogens is 3. The zero-order valence-electron chi connectivity index (χ0n) is 18.1. The number of hydrogen-bond acceptors (Lipinski definition) is 7. The first kappa shape index (κ1) is 21.8. The molecule has 2 aliphatic rings. The van der Waals surface area contributed by atoms with Crippen molar-refractivity contribution < 1.29 is 18.0 Å². The average Bonchev–Trinajstić information content (AvgIpc) is 3.48. The SMILES string of the molecule is Cc1[nH]nnc1-c1nc(N2CCN(C(=O)N3N=CC[C@H]3c3cc(F)cc(F)c3)CC2)ncc1F. The van der Waals surface area contributed by atoms with Gasteiger partial charge in [-0.3, -0.25) is 5.10 Å². The standard InChI is InChI=1S/C21H20F3N9O/c1-12-18(29-30-28-12)19-16(24)11-25-20(27-19)31-4-6-32(7-5-31)21(34)33-17(2-3-26-33)13-8-14(22)10-15(23)9-13/h3,8-11,17H,2,4-7H2,1H3,(H,28,29,30)/t17-/m0/s1. The van der Waals surface area contributed by atoms with E-state index in [2.05, 4.69) is 30.5 Å². The van der Waals surface area contributed by atoms with E-state index >= 15 is 0 Å². The lowest BCUT2D eigenvalue weighted by Crippen LogP contribution is -2.52. The van der Waals surface area contributed by atoms with Gasteiger partial charge in [0.2, 0.25) is 5.95 Å². The van der Waals surface area contributed by atoms with Gasteiger partial charge < -0.3 is 9.80 Å². The summed E-state index contributed by atoms with van der Waals surface area (Å²) in [6, 6.07) is 2.27. The molecular formula is C21H20F3N9O. The number of rotatable bonds is 3. The molecule has 13 heteroatoms. The minimum absolute atomic E-state index is 0.0475. The molecule has 34 heavy (non-hydrogen) atoms. The maximum Gasteiger partial charge on any atom is 0.341 e. The van der Waals surface area contributed by atoms with E-state index in [1.807, 2.05) is 4.90 Å². The zero-order valence-corrected chi connectivity index (χ0v) is 18.1. The van der Waals surface area contributed by atoms with Crippen molar-refractivity contribution in [1.29, 1.82) is 0 Å². The summed E-state index contributed by atoms with van der Waals surface area (Å²) in [6.07, 6.45) is 3.01. The number of hydrazone groups is 1. The van der Waals surface area contributed by atoms with Crippen LogP contribution in [-0.2, 0) is 0 Å². The van der Waals surface area contributed by atoms with Crippen molar-refractivity contribution in [3.05, 3.63) is 53.1 Å². The second-order valence-corrected chi connectivity index (χ2v) is 8.01. The van der Waals surface area contributed by atoms with E-state index in [0.29, 0.717) is 55.5 Å². The maximum absolute atomic E-state index is 14.3. The molecule has 1 aromatic carbocycles. The summed E-state index contributed by atoms with van der Waals surface area (Å²) in [4.78, 5) is 25.0. The Balaban J connectivity index is 1.28. The van der Waals surface area contributed by atoms with Crippen molar-refractivity contribution in [2.75, 3.05) is 31.1 Å². The Bertz CT molecular complexity index is 1240. The molecule has 2 aromatic heterocycles. The van der Waals surface area contributed by atoms with E-state index < -0.39 is 23.5 Å². The number of nitrogens with one attached hydrogen (secondary N) is 1. The monoisotopic (exact) mass is 471 g/mol. The molecule has 1 fully saturated rings. The number of aromatic nitrogens is 5. The molecule has 2 aliphatic heterocycles. The summed E-state index contributed by atoms with van der Waals surface area (Å²) in [6.45, 7) is 3.21. The molecule has 2 amide bonds. The second kappa shape index (κ2) is 8.72. The first-order chi connectivity index (χ1) is 16.4. The van der Waals surface area contributed by atoms with E-state index in [4.69, 9.17) is 0 Å². The van der Waals surface area contributed by atoms with Gasteiger partial charge in [0, 0.05) is 44.9 Å². The van der Waals surface area contributed by atoms with Gasteiger partial charge in [0.1, 0.15) is 23.0 Å². The molecule has 0 saturated carbocycles. The number of nitrogens with zero attached hydrogens (tertiary/aromatic N) is 8. The number of anilines is 1. The van der Waals surface area contributed by atoms with Gasteiger partial charge in [-0.1, -0.05) is 5.21 Å². The number of H-pyrrole nitrogens is 1. The normalized spacial score (nSPS) is 18.1. The topological polar surface area (TPSA) is 106 Å². The third kappa shape index (κ3) is 4.04. The van der Waals surface area contributed by atoms with E-state index in [1.165, 1.54) is 17.1 Å². The highest BCUT2D eigenvalue weighted by Gasteiger charge is 2.34. The van der Waals surface area contributed by atoms with E-state index in [-0.39, 0.29) is 11.7 Å². The van der Waals surface area contributed by atoms with E-state index in [9.17, 15) is 18.0 Å². The molecule has 3 aromatic rings. The van der Waals surface area contributed by atoms with Crippen LogP contribution >= 0.6 is 0 Å². The number of carbonyl (C=O) groups excluding carboxylic acids is 1. The number of aromatic amines is 1. The lowest BCUT2D eigenvalue weighted by atomic mass is 10.0. The number of benzene rings is 1. The Kier molecular flexibility index (Phi) is 5.59. The molecule has 0 spiro atoms. The molecule has 0 unspecified atom stereocenters. The Hall–Kier alpha value is -4.03. The van der Waals surface area contributed by atoms with Crippen molar-refractivity contribution >= 4 is 18.2 Å². The highest BCUT2D eigenvalue weighted by atomic mass is 19.1. The van der Waals surface area contributed by atoms with Crippen molar-refractivity contribution in [2.45, 2.75) is 19.4 Å². The van der Waals surface area contributed by atoms with Gasteiger partial charge in [-0.15, -0.1) is 5.10 Å². The highest BCUT2D eigenvalue weighted by molar-refractivity contribution is 5.78. The van der Waals surface area contributed by atoms with E-state index in [0.717, 1.165) is 12.3 Å². The van der Waals surface area contributed by atoms with Crippen LogP contribution in [0.15, 0.2) is 29.5 Å². The van der Waals surface area contributed by atoms with Crippen molar-refractivity contribution in [3.8, 4) is 11.4 Å². The summed E-state index contributed by atoms with van der Waals surface area (Å²) in [5.74, 6) is -1.70. The quantitative estimate of drug-likeness (QED) is 0.630. The van der Waals surface area contributed by atoms with Crippen molar-refractivity contribution in [3.63, 3.8) is 0 Å². The molecule has 0 radical (unpaired) electrons. The number of aryl methyl sites for hydroxylation is 1. The van der Waals surface area contributed by atoms with Crippen LogP contribution < -0.4 is 4.90 Å². The van der Waals surface area contributed by atoms with Gasteiger partial charge in [-0.25, -0.2) is 32.9 Å². The van der Waals surface area contributed by atoms with Gasteiger partial charge in [-0.05, 0) is 24.6 Å². The minimum atomic E-state index is -0.706. The van der Waals surface area contributed by atoms with Gasteiger partial charge in [0.15, 0.2) is 5.82 Å². The zero-order chi connectivity index (χ0) is 23.8. The molecule has 0 bridgehead atoms. The predicted molar refractivity (Wildman–Crippen MR) is 115 cm³/mol. The Morgan fingerprint density at radius 2 is 1.79 bits per heavy atom. The summed E-state index contributed by atoms with van der Waals surface area (Å²) < 4.78 is 41.7. The van der Waals surface area contributed by atoms with Crippen LogP contribution in [0, 0.1) is 24.4 Å². The van der Waals surface area contributed by atoms with Crippen LogP contribution in [0.5, 0.6) is 0 Å². The first-order valence-corrected chi connectivity index (χ1v) is 10.6. The third-order valence-electron chi connectivity index (χ3n) is 5.81. The third-order valence-corrected chi connectivity index (χ3v) is 5.81. The van der Waals surface area contributed by atoms with Crippen LogP contribution in [0.3, 0.4) is 0 Å². The Morgan fingerprint density at radius 1 is 1.06 bits per heavy atom. The van der Waals surface area contributed by atoms with Gasteiger partial charge in [0.05, 0.1) is 17.9 Å². The number of amides is 2. The highest BCUT2D eigenvalue weighted by Crippen LogP contribution is 2.30. The molecule has 5 rings (SSSR count). The average molecular weight is 471 g/mol. The number of carbonyl (C=O) groups is 1. The molecule has 0 aliphatic carbocycles. The number of piperazine rings is 1. The number of urea groups is 1. The molecular weight excluding hydrogens is 451 g/mol. The van der Waals surface area contributed by atoms with Crippen LogP contribution in [-0.4, -0.2) is 73.7 Å². The maximum atomic E-state index is 14.3. The Labute approximate surface area is 192 Å². The fourth-order valence-electron chi connectivity index (χ4n) is 4.06. The van der Waals surface area contributed by atoms with Crippen LogP contribution in [0.1, 0.15) is 23.7 Å². The second-order valence-electron chi connectivity index (χ2n) is 8.01. The van der Waals surface area contributed by atoms with Crippen LogP contribution in [0.25, 0.3) is 11.4 Å². The first-order valence-electron chi connectivity index (χ1n) is 10.6. The van der Waals surface area contributed by atoms with Crippen molar-refractivity contribution in [1.82, 2.24) is 35.3 Å². The molecule has 1 atom stereocenters. The molecule has 1 N–H and O–H groups in total. The molecule has 4 heterocycles. The van der Waals surface area contributed by atoms with E-state index in [1.54, 1.807) is 18.0 Å². The summed E-state index contributed by atoms with van der Waals surface area (Å²) in [5, 5.41) is 15.6.